The van der Waals surface area contributed by atoms with Crippen LogP contribution in [0.3, 0.4) is 0 Å². The van der Waals surface area contributed by atoms with Gasteiger partial charge in [0, 0.05) is 12.1 Å². The molecule has 0 bridgehead atoms. The summed E-state index contributed by atoms with van der Waals surface area (Å²) in [4.78, 5) is 0. The Kier molecular flexibility index (Phi) is 3.73. The van der Waals surface area contributed by atoms with Crippen molar-refractivity contribution in [2.75, 3.05) is 6.54 Å². The van der Waals surface area contributed by atoms with Crippen molar-refractivity contribution in [3.63, 3.8) is 0 Å². The Labute approximate surface area is 90.7 Å². The maximum absolute atomic E-state index is 13.3. The molecule has 0 radical (unpaired) electrons. The summed E-state index contributed by atoms with van der Waals surface area (Å²) in [6.07, 6.45) is 5.41. The van der Waals surface area contributed by atoms with Crippen LogP contribution in [0.5, 0.6) is 0 Å². The lowest BCUT2D eigenvalue weighted by Gasteiger charge is -2.10. The van der Waals surface area contributed by atoms with Crippen LogP contribution < -0.4 is 5.32 Å². The molecule has 1 fully saturated rings. The predicted molar refractivity (Wildman–Crippen MR) is 60.1 cm³/mol. The minimum Gasteiger partial charge on any atom is -0.312 e. The number of rotatable bonds is 4. The van der Waals surface area contributed by atoms with E-state index in [0.29, 0.717) is 6.54 Å². The highest BCUT2D eigenvalue weighted by Gasteiger charge is 2.14. The molecule has 0 amide bonds. The molecule has 0 heterocycles. The molecule has 1 aromatic carbocycles. The van der Waals surface area contributed by atoms with Gasteiger partial charge in [0.25, 0.3) is 0 Å². The summed E-state index contributed by atoms with van der Waals surface area (Å²) < 4.78 is 13.3. The van der Waals surface area contributed by atoms with Gasteiger partial charge in [0.2, 0.25) is 0 Å². The van der Waals surface area contributed by atoms with E-state index in [1.165, 1.54) is 31.7 Å². The van der Waals surface area contributed by atoms with Gasteiger partial charge >= 0.3 is 0 Å². The maximum Gasteiger partial charge on any atom is 0.127 e. The predicted octanol–water partition coefficient (Wildman–Crippen LogP) is 3.11. The zero-order chi connectivity index (χ0) is 10.5. The van der Waals surface area contributed by atoms with Gasteiger partial charge in [0.15, 0.2) is 0 Å². The third-order valence-corrected chi connectivity index (χ3v) is 3.18. The van der Waals surface area contributed by atoms with Crippen molar-refractivity contribution in [1.82, 2.24) is 5.32 Å². The topological polar surface area (TPSA) is 12.0 Å². The summed E-state index contributed by atoms with van der Waals surface area (Å²) in [5.74, 6) is 0.716. The van der Waals surface area contributed by atoms with E-state index >= 15 is 0 Å². The smallest absolute Gasteiger partial charge is 0.127 e. The second-order valence-electron chi connectivity index (χ2n) is 4.37. The summed E-state index contributed by atoms with van der Waals surface area (Å²) >= 11 is 0. The lowest BCUT2D eigenvalue weighted by molar-refractivity contribution is 0.483. The minimum absolute atomic E-state index is 0.101. The molecule has 0 aromatic heterocycles. The molecular formula is C13H18FN. The maximum atomic E-state index is 13.3. The van der Waals surface area contributed by atoms with Gasteiger partial charge in [-0.05, 0) is 31.4 Å². The van der Waals surface area contributed by atoms with Crippen LogP contribution in [0.25, 0.3) is 0 Å². The SMILES string of the molecule is Fc1ccccc1CNCC1CCCC1. The third-order valence-electron chi connectivity index (χ3n) is 3.18. The average molecular weight is 207 g/mol. The van der Waals surface area contributed by atoms with Gasteiger partial charge in [0.1, 0.15) is 5.82 Å². The number of halogens is 1. The first kappa shape index (κ1) is 10.6. The van der Waals surface area contributed by atoms with E-state index in [1.54, 1.807) is 6.07 Å². The lowest BCUT2D eigenvalue weighted by Crippen LogP contribution is -2.21. The first-order valence-electron chi connectivity index (χ1n) is 5.80. The molecule has 2 heteroatoms. The quantitative estimate of drug-likeness (QED) is 0.800. The van der Waals surface area contributed by atoms with Crippen LogP contribution in [-0.4, -0.2) is 6.54 Å². The van der Waals surface area contributed by atoms with Crippen molar-refractivity contribution < 1.29 is 4.39 Å². The van der Waals surface area contributed by atoms with Gasteiger partial charge in [-0.3, -0.25) is 0 Å². The zero-order valence-electron chi connectivity index (χ0n) is 9.01. The first-order valence-corrected chi connectivity index (χ1v) is 5.80. The second kappa shape index (κ2) is 5.26. The molecule has 0 saturated heterocycles. The van der Waals surface area contributed by atoms with E-state index in [4.69, 9.17) is 0 Å². The molecule has 1 N–H and O–H groups in total. The van der Waals surface area contributed by atoms with Crippen molar-refractivity contribution in [2.24, 2.45) is 5.92 Å². The molecule has 0 unspecified atom stereocenters. The van der Waals surface area contributed by atoms with Crippen molar-refractivity contribution in [2.45, 2.75) is 32.2 Å². The summed E-state index contributed by atoms with van der Waals surface area (Å²) in [5.41, 5.74) is 0.774. The molecule has 0 aliphatic heterocycles. The van der Waals surface area contributed by atoms with Crippen molar-refractivity contribution in [3.8, 4) is 0 Å². The monoisotopic (exact) mass is 207 g/mol. The third kappa shape index (κ3) is 3.03. The summed E-state index contributed by atoms with van der Waals surface area (Å²) in [7, 11) is 0. The van der Waals surface area contributed by atoms with Crippen LogP contribution in [0.15, 0.2) is 24.3 Å². The van der Waals surface area contributed by atoms with Gasteiger partial charge in [-0.25, -0.2) is 4.39 Å². The van der Waals surface area contributed by atoms with Crippen LogP contribution in [0.4, 0.5) is 4.39 Å². The highest BCUT2D eigenvalue weighted by molar-refractivity contribution is 5.16. The molecular weight excluding hydrogens is 189 g/mol. The van der Waals surface area contributed by atoms with Gasteiger partial charge in [0.05, 0.1) is 0 Å². The lowest BCUT2D eigenvalue weighted by atomic mass is 10.1. The molecule has 1 aliphatic rings. The fraction of sp³-hybridized carbons (Fsp3) is 0.538. The molecule has 1 aromatic rings. The Hall–Kier alpha value is -0.890. The molecule has 1 nitrogen and oxygen atoms in total. The first-order chi connectivity index (χ1) is 7.36. The van der Waals surface area contributed by atoms with Crippen molar-refractivity contribution >= 4 is 0 Å². The molecule has 15 heavy (non-hydrogen) atoms. The Balaban J connectivity index is 1.75. The van der Waals surface area contributed by atoms with E-state index in [0.717, 1.165) is 18.0 Å². The normalized spacial score (nSPS) is 17.1. The van der Waals surface area contributed by atoms with Crippen molar-refractivity contribution in [3.05, 3.63) is 35.6 Å². The second-order valence-corrected chi connectivity index (χ2v) is 4.37. The summed E-state index contributed by atoms with van der Waals surface area (Å²) in [5, 5.41) is 3.34. The number of benzene rings is 1. The fourth-order valence-corrected chi connectivity index (χ4v) is 2.27. The molecule has 0 atom stereocenters. The van der Waals surface area contributed by atoms with Crippen LogP contribution >= 0.6 is 0 Å². The van der Waals surface area contributed by atoms with Crippen LogP contribution in [0, 0.1) is 11.7 Å². The van der Waals surface area contributed by atoms with E-state index in [1.807, 2.05) is 12.1 Å². The molecule has 0 spiro atoms. The molecule has 1 aliphatic carbocycles. The van der Waals surface area contributed by atoms with Crippen LogP contribution in [-0.2, 0) is 6.54 Å². The fourth-order valence-electron chi connectivity index (χ4n) is 2.27. The van der Waals surface area contributed by atoms with Crippen molar-refractivity contribution in [1.29, 1.82) is 0 Å². The van der Waals surface area contributed by atoms with E-state index in [-0.39, 0.29) is 5.82 Å². The largest absolute Gasteiger partial charge is 0.312 e. The van der Waals surface area contributed by atoms with Gasteiger partial charge in [-0.2, -0.15) is 0 Å². The van der Waals surface area contributed by atoms with E-state index in [9.17, 15) is 4.39 Å². The summed E-state index contributed by atoms with van der Waals surface area (Å²) in [6, 6.07) is 6.98. The van der Waals surface area contributed by atoms with Crippen LogP contribution in [0.1, 0.15) is 31.2 Å². The number of hydrogen-bond acceptors (Lipinski definition) is 1. The highest BCUT2D eigenvalue weighted by atomic mass is 19.1. The Bertz CT molecular complexity index is 305. The zero-order valence-corrected chi connectivity index (χ0v) is 9.01. The Morgan fingerprint density at radius 1 is 1.20 bits per heavy atom. The Morgan fingerprint density at radius 2 is 1.93 bits per heavy atom. The van der Waals surface area contributed by atoms with E-state index < -0.39 is 0 Å². The van der Waals surface area contributed by atoms with Crippen LogP contribution in [0.2, 0.25) is 0 Å². The highest BCUT2D eigenvalue weighted by Crippen LogP contribution is 2.23. The minimum atomic E-state index is -0.101. The summed E-state index contributed by atoms with van der Waals surface area (Å²) in [6.45, 7) is 1.69. The van der Waals surface area contributed by atoms with Gasteiger partial charge < -0.3 is 5.32 Å². The van der Waals surface area contributed by atoms with Gasteiger partial charge in [-0.1, -0.05) is 31.0 Å². The van der Waals surface area contributed by atoms with Gasteiger partial charge in [-0.15, -0.1) is 0 Å². The number of hydrogen-bond donors (Lipinski definition) is 1. The molecule has 1 saturated carbocycles. The molecule has 2 rings (SSSR count). The molecule has 82 valence electrons. The van der Waals surface area contributed by atoms with E-state index in [2.05, 4.69) is 5.32 Å². The average Bonchev–Trinajstić information content (AvgIpc) is 2.74. The number of nitrogens with one attached hydrogen (secondary N) is 1. The Morgan fingerprint density at radius 3 is 2.67 bits per heavy atom. The standard InChI is InChI=1S/C13H18FN/c14-13-8-4-3-7-12(13)10-15-9-11-5-1-2-6-11/h3-4,7-8,11,15H,1-2,5-6,9-10H2.